The zero-order chi connectivity index (χ0) is 24.6. The van der Waals surface area contributed by atoms with Crippen LogP contribution in [0.2, 0.25) is 0 Å². The molecule has 0 saturated heterocycles. The van der Waals surface area contributed by atoms with E-state index in [1.165, 1.54) is 0 Å². The normalized spacial score (nSPS) is 10.9. The smallest absolute Gasteiger partial charge is 0.141 e. The predicted octanol–water partition coefficient (Wildman–Crippen LogP) is 8.00. The lowest BCUT2D eigenvalue weighted by Crippen LogP contribution is -2.08. The molecule has 0 bridgehead atoms. The summed E-state index contributed by atoms with van der Waals surface area (Å²) < 4.78 is 18.4. The number of hydrogen-bond donors (Lipinski definition) is 0. The molecule has 0 aliphatic carbocycles. The van der Waals surface area contributed by atoms with E-state index in [0.29, 0.717) is 16.8 Å². The average molecular weight is 464 g/mol. The van der Waals surface area contributed by atoms with Crippen LogP contribution in [0.3, 0.4) is 0 Å². The average Bonchev–Trinajstić information content (AvgIpc) is 3.27. The van der Waals surface area contributed by atoms with Gasteiger partial charge in [0.2, 0.25) is 0 Å². The minimum atomic E-state index is -0.579. The topological polar surface area (TPSA) is 52.5 Å². The fourth-order valence-electron chi connectivity index (χ4n) is 5.06. The number of rotatable bonds is 3. The maximum absolute atomic E-state index is 16.5. The molecule has 0 aliphatic rings. The SMILES string of the molecule is N#Cc1c(-c2ccccc2)c(F)c(-c2ccccc2)c(C#N)c1-n1c2ccccc2c2ccccc21. The quantitative estimate of drug-likeness (QED) is 0.267. The molecule has 0 N–H and O–H groups in total. The third kappa shape index (κ3) is 3.10. The van der Waals surface area contributed by atoms with Gasteiger partial charge < -0.3 is 4.57 Å². The molecule has 4 heteroatoms. The van der Waals surface area contributed by atoms with E-state index in [-0.39, 0.29) is 22.3 Å². The first-order chi connectivity index (χ1) is 17.7. The summed E-state index contributed by atoms with van der Waals surface area (Å²) >= 11 is 0. The standard InChI is InChI=1S/C32H18FN3/c33-31-29(21-11-3-1-4-12-21)25(19-34)32(26(20-35)30(31)22-13-5-2-6-14-22)36-27-17-9-7-15-23(27)24-16-8-10-18-28(24)36/h1-18H. The highest BCUT2D eigenvalue weighted by atomic mass is 19.1. The van der Waals surface area contributed by atoms with Crippen LogP contribution in [0.15, 0.2) is 109 Å². The number of hydrogen-bond acceptors (Lipinski definition) is 2. The Morgan fingerprint density at radius 1 is 0.528 bits per heavy atom. The summed E-state index contributed by atoms with van der Waals surface area (Å²) in [5.74, 6) is -0.579. The summed E-state index contributed by atoms with van der Waals surface area (Å²) in [5.41, 5.74) is 3.86. The monoisotopic (exact) mass is 463 g/mol. The van der Waals surface area contributed by atoms with Crippen LogP contribution in [0.5, 0.6) is 0 Å². The van der Waals surface area contributed by atoms with Crippen molar-refractivity contribution in [3.05, 3.63) is 126 Å². The van der Waals surface area contributed by atoms with E-state index in [2.05, 4.69) is 12.1 Å². The van der Waals surface area contributed by atoms with Gasteiger partial charge in [0, 0.05) is 21.9 Å². The molecule has 3 nitrogen and oxygen atoms in total. The van der Waals surface area contributed by atoms with Gasteiger partial charge in [-0.05, 0) is 23.3 Å². The van der Waals surface area contributed by atoms with E-state index in [1.54, 1.807) is 24.3 Å². The number of aromatic nitrogens is 1. The molecule has 6 rings (SSSR count). The minimum absolute atomic E-state index is 0.126. The van der Waals surface area contributed by atoms with Crippen LogP contribution < -0.4 is 0 Å². The van der Waals surface area contributed by atoms with Gasteiger partial charge in [-0.15, -0.1) is 0 Å². The lowest BCUT2D eigenvalue weighted by molar-refractivity contribution is 0.633. The van der Waals surface area contributed by atoms with Crippen molar-refractivity contribution in [2.24, 2.45) is 0 Å². The summed E-state index contributed by atoms with van der Waals surface area (Å²) in [6.07, 6.45) is 0. The molecule has 0 atom stereocenters. The molecular formula is C32H18FN3. The summed E-state index contributed by atoms with van der Waals surface area (Å²) in [6.45, 7) is 0. The Bertz CT molecular complexity index is 1720. The number of fused-ring (bicyclic) bond motifs is 3. The molecule has 36 heavy (non-hydrogen) atoms. The molecule has 0 fully saturated rings. The van der Waals surface area contributed by atoms with E-state index < -0.39 is 5.82 Å². The van der Waals surface area contributed by atoms with Gasteiger partial charge in [-0.2, -0.15) is 10.5 Å². The van der Waals surface area contributed by atoms with Crippen LogP contribution in [0.1, 0.15) is 11.1 Å². The van der Waals surface area contributed by atoms with Crippen LogP contribution in [0, 0.1) is 28.5 Å². The van der Waals surface area contributed by atoms with Crippen LogP contribution in [-0.2, 0) is 0 Å². The van der Waals surface area contributed by atoms with Crippen molar-refractivity contribution in [2.45, 2.75) is 0 Å². The second-order valence-corrected chi connectivity index (χ2v) is 8.49. The molecule has 1 heterocycles. The second-order valence-electron chi connectivity index (χ2n) is 8.49. The summed E-state index contributed by atoms with van der Waals surface area (Å²) in [7, 11) is 0. The largest absolute Gasteiger partial charge is 0.307 e. The van der Waals surface area contributed by atoms with Crippen molar-refractivity contribution in [1.82, 2.24) is 4.57 Å². The van der Waals surface area contributed by atoms with Gasteiger partial charge in [0.1, 0.15) is 18.0 Å². The van der Waals surface area contributed by atoms with Crippen LogP contribution >= 0.6 is 0 Å². The molecule has 0 unspecified atom stereocenters. The molecule has 0 spiro atoms. The number of halogens is 1. The Balaban J connectivity index is 1.89. The van der Waals surface area contributed by atoms with Gasteiger partial charge in [0.05, 0.1) is 27.8 Å². The van der Waals surface area contributed by atoms with Gasteiger partial charge >= 0.3 is 0 Å². The number of benzene rings is 5. The third-order valence-electron chi connectivity index (χ3n) is 6.56. The molecule has 1 aromatic heterocycles. The van der Waals surface area contributed by atoms with Gasteiger partial charge in [0.15, 0.2) is 0 Å². The van der Waals surface area contributed by atoms with Crippen molar-refractivity contribution < 1.29 is 4.39 Å². The van der Waals surface area contributed by atoms with Gasteiger partial charge in [-0.25, -0.2) is 4.39 Å². The van der Waals surface area contributed by atoms with Crippen molar-refractivity contribution >= 4 is 21.8 Å². The van der Waals surface area contributed by atoms with E-state index in [0.717, 1.165) is 21.8 Å². The first kappa shape index (κ1) is 21.4. The van der Waals surface area contributed by atoms with Crippen molar-refractivity contribution in [2.75, 3.05) is 0 Å². The van der Waals surface area contributed by atoms with Crippen molar-refractivity contribution in [1.29, 1.82) is 10.5 Å². The highest BCUT2D eigenvalue weighted by molar-refractivity contribution is 6.10. The molecule has 0 saturated carbocycles. The Morgan fingerprint density at radius 3 is 1.33 bits per heavy atom. The van der Waals surface area contributed by atoms with E-state index in [1.807, 2.05) is 89.5 Å². The Hall–Kier alpha value is -5.19. The lowest BCUT2D eigenvalue weighted by Gasteiger charge is -2.20. The number of nitrogens with zero attached hydrogens (tertiary/aromatic N) is 3. The number of para-hydroxylation sites is 2. The summed E-state index contributed by atoms with van der Waals surface area (Å²) in [4.78, 5) is 0. The predicted molar refractivity (Wildman–Crippen MR) is 141 cm³/mol. The highest BCUT2D eigenvalue weighted by Crippen LogP contribution is 2.43. The van der Waals surface area contributed by atoms with E-state index in [4.69, 9.17) is 0 Å². The molecule has 0 amide bonds. The minimum Gasteiger partial charge on any atom is -0.307 e. The van der Waals surface area contributed by atoms with Gasteiger partial charge in [0.25, 0.3) is 0 Å². The van der Waals surface area contributed by atoms with E-state index in [9.17, 15) is 10.5 Å². The summed E-state index contributed by atoms with van der Waals surface area (Å²) in [5, 5.41) is 22.9. The highest BCUT2D eigenvalue weighted by Gasteiger charge is 2.29. The maximum Gasteiger partial charge on any atom is 0.141 e. The van der Waals surface area contributed by atoms with Gasteiger partial charge in [-0.1, -0.05) is 97.1 Å². The third-order valence-corrected chi connectivity index (χ3v) is 6.56. The summed E-state index contributed by atoms with van der Waals surface area (Å²) in [6, 6.07) is 38.4. The first-order valence-electron chi connectivity index (χ1n) is 11.5. The first-order valence-corrected chi connectivity index (χ1v) is 11.5. The van der Waals surface area contributed by atoms with Crippen LogP contribution in [-0.4, -0.2) is 4.57 Å². The molecule has 6 aromatic rings. The number of nitriles is 2. The molecule has 5 aromatic carbocycles. The molecule has 0 radical (unpaired) electrons. The van der Waals surface area contributed by atoms with E-state index >= 15 is 4.39 Å². The van der Waals surface area contributed by atoms with Crippen molar-refractivity contribution in [3.63, 3.8) is 0 Å². The molecule has 168 valence electrons. The Labute approximate surface area is 207 Å². The fourth-order valence-corrected chi connectivity index (χ4v) is 5.06. The fraction of sp³-hybridized carbons (Fsp3) is 0. The van der Waals surface area contributed by atoms with Crippen molar-refractivity contribution in [3.8, 4) is 40.1 Å². The Kier molecular flexibility index (Phi) is 5.07. The van der Waals surface area contributed by atoms with Gasteiger partial charge in [-0.3, -0.25) is 0 Å². The lowest BCUT2D eigenvalue weighted by atomic mass is 9.88. The molecule has 0 aliphatic heterocycles. The molecular weight excluding hydrogens is 445 g/mol. The zero-order valence-electron chi connectivity index (χ0n) is 19.1. The zero-order valence-corrected chi connectivity index (χ0v) is 19.1. The van der Waals surface area contributed by atoms with Crippen LogP contribution in [0.25, 0.3) is 49.7 Å². The Morgan fingerprint density at radius 2 is 0.917 bits per heavy atom. The van der Waals surface area contributed by atoms with Crippen LogP contribution in [0.4, 0.5) is 4.39 Å². The second kappa shape index (κ2) is 8.55. The maximum atomic E-state index is 16.5.